The van der Waals surface area contributed by atoms with E-state index >= 15 is 0 Å². The first kappa shape index (κ1) is 14.8. The second kappa shape index (κ2) is 6.22. The van der Waals surface area contributed by atoms with Crippen LogP contribution in [0.3, 0.4) is 0 Å². The largest absolute Gasteiger partial charge is 0.310 e. The summed E-state index contributed by atoms with van der Waals surface area (Å²) in [4.78, 5) is 0. The van der Waals surface area contributed by atoms with Crippen LogP contribution in [0.15, 0.2) is 12.3 Å². The van der Waals surface area contributed by atoms with Gasteiger partial charge in [0, 0.05) is 30.9 Å². The summed E-state index contributed by atoms with van der Waals surface area (Å²) in [6.07, 6.45) is 2.13. The van der Waals surface area contributed by atoms with E-state index in [1.165, 1.54) is 11.3 Å². The maximum Gasteiger partial charge on any atom is 0.0828 e. The van der Waals surface area contributed by atoms with Gasteiger partial charge < -0.3 is 5.32 Å². The number of hydrogen-bond donors (Lipinski definition) is 1. The van der Waals surface area contributed by atoms with E-state index in [1.54, 1.807) is 0 Å². The van der Waals surface area contributed by atoms with Gasteiger partial charge >= 0.3 is 0 Å². The minimum atomic E-state index is 0.488. The summed E-state index contributed by atoms with van der Waals surface area (Å²) in [5.41, 5.74) is 4.62. The van der Waals surface area contributed by atoms with E-state index in [0.29, 0.717) is 6.04 Å². The Balaban J connectivity index is 2.11. The van der Waals surface area contributed by atoms with Gasteiger partial charge in [-0.2, -0.15) is 10.2 Å². The summed E-state index contributed by atoms with van der Waals surface area (Å²) in [7, 11) is 0. The molecule has 0 bridgehead atoms. The molecule has 0 unspecified atom stereocenters. The van der Waals surface area contributed by atoms with Gasteiger partial charge in [-0.1, -0.05) is 13.8 Å². The average molecular weight is 275 g/mol. The molecular formula is C15H25N5. The highest BCUT2D eigenvalue weighted by molar-refractivity contribution is 5.17. The van der Waals surface area contributed by atoms with Crippen LogP contribution in [0, 0.1) is 13.8 Å². The van der Waals surface area contributed by atoms with Gasteiger partial charge in [-0.15, -0.1) is 0 Å². The Morgan fingerprint density at radius 1 is 1.25 bits per heavy atom. The summed E-state index contributed by atoms with van der Waals surface area (Å²) < 4.78 is 4.05. The first-order valence-electron chi connectivity index (χ1n) is 7.29. The molecule has 0 aromatic carbocycles. The molecule has 0 aliphatic carbocycles. The van der Waals surface area contributed by atoms with Crippen LogP contribution >= 0.6 is 0 Å². The molecule has 2 rings (SSSR count). The number of nitrogens with one attached hydrogen (secondary N) is 1. The maximum absolute atomic E-state index is 4.60. The molecule has 0 radical (unpaired) electrons. The highest BCUT2D eigenvalue weighted by atomic mass is 15.3. The van der Waals surface area contributed by atoms with Crippen LogP contribution in [0.5, 0.6) is 0 Å². The fraction of sp³-hybridized carbons (Fsp3) is 0.600. The Morgan fingerprint density at radius 2 is 2.00 bits per heavy atom. The molecule has 0 spiro atoms. The number of aromatic nitrogens is 4. The summed E-state index contributed by atoms with van der Waals surface area (Å²) >= 11 is 0. The van der Waals surface area contributed by atoms with Crippen LogP contribution in [0.4, 0.5) is 0 Å². The van der Waals surface area contributed by atoms with Crippen molar-refractivity contribution >= 4 is 0 Å². The first-order chi connectivity index (χ1) is 9.49. The Hall–Kier alpha value is -1.62. The van der Waals surface area contributed by atoms with Crippen molar-refractivity contribution in [2.75, 3.05) is 0 Å². The lowest BCUT2D eigenvalue weighted by Gasteiger charge is -2.06. The third kappa shape index (κ3) is 3.48. The van der Waals surface area contributed by atoms with Crippen molar-refractivity contribution in [3.63, 3.8) is 0 Å². The first-order valence-corrected chi connectivity index (χ1v) is 7.29. The zero-order valence-corrected chi connectivity index (χ0v) is 13.1. The van der Waals surface area contributed by atoms with E-state index in [-0.39, 0.29) is 0 Å². The SMILES string of the molecule is CCn1nc(C)cc1Cn1cc(CNC(C)C)c(C)n1. The van der Waals surface area contributed by atoms with Crippen molar-refractivity contribution in [2.45, 2.75) is 60.3 Å². The molecule has 0 aliphatic heterocycles. The molecule has 5 heteroatoms. The maximum atomic E-state index is 4.60. The van der Waals surface area contributed by atoms with Crippen LogP contribution < -0.4 is 5.32 Å². The van der Waals surface area contributed by atoms with Gasteiger partial charge in [0.1, 0.15) is 0 Å². The Morgan fingerprint density at radius 3 is 2.65 bits per heavy atom. The molecule has 20 heavy (non-hydrogen) atoms. The van der Waals surface area contributed by atoms with Crippen LogP contribution in [0.1, 0.15) is 43.4 Å². The van der Waals surface area contributed by atoms with Gasteiger partial charge in [0.05, 0.1) is 23.6 Å². The molecule has 110 valence electrons. The smallest absolute Gasteiger partial charge is 0.0828 e. The second-order valence-electron chi connectivity index (χ2n) is 5.57. The lowest BCUT2D eigenvalue weighted by Crippen LogP contribution is -2.21. The molecule has 0 fully saturated rings. The molecule has 2 aromatic heterocycles. The lowest BCUT2D eigenvalue weighted by atomic mass is 10.2. The van der Waals surface area contributed by atoms with Gasteiger partial charge in [-0.25, -0.2) is 0 Å². The average Bonchev–Trinajstić information content (AvgIpc) is 2.90. The standard InChI is InChI=1S/C15H25N5/c1-6-20-15(7-12(4)17-20)10-19-9-14(13(5)18-19)8-16-11(2)3/h7,9,11,16H,6,8,10H2,1-5H3. The van der Waals surface area contributed by atoms with Crippen LogP contribution in [-0.4, -0.2) is 25.6 Å². The van der Waals surface area contributed by atoms with Crippen molar-refractivity contribution in [3.05, 3.63) is 34.9 Å². The number of nitrogens with zero attached hydrogens (tertiary/aromatic N) is 4. The number of rotatable bonds is 6. The summed E-state index contributed by atoms with van der Waals surface area (Å²) in [6, 6.07) is 2.62. The predicted octanol–water partition coefficient (Wildman–Crippen LogP) is 2.26. The fourth-order valence-corrected chi connectivity index (χ4v) is 2.29. The summed E-state index contributed by atoms with van der Waals surface area (Å²) in [5.74, 6) is 0. The number of aryl methyl sites for hydroxylation is 3. The molecule has 0 aliphatic rings. The van der Waals surface area contributed by atoms with Gasteiger partial charge in [0.2, 0.25) is 0 Å². The van der Waals surface area contributed by atoms with E-state index in [2.05, 4.69) is 55.5 Å². The van der Waals surface area contributed by atoms with Gasteiger partial charge in [0.25, 0.3) is 0 Å². The summed E-state index contributed by atoms with van der Waals surface area (Å²) in [6.45, 7) is 13.1. The highest BCUT2D eigenvalue weighted by Crippen LogP contribution is 2.10. The van der Waals surface area contributed by atoms with Crippen LogP contribution in [-0.2, 0) is 19.6 Å². The molecule has 5 nitrogen and oxygen atoms in total. The zero-order valence-electron chi connectivity index (χ0n) is 13.1. The quantitative estimate of drug-likeness (QED) is 0.879. The van der Waals surface area contributed by atoms with E-state index in [0.717, 1.165) is 31.0 Å². The molecular weight excluding hydrogens is 250 g/mol. The van der Waals surface area contributed by atoms with Crippen molar-refractivity contribution in [2.24, 2.45) is 0 Å². The monoisotopic (exact) mass is 275 g/mol. The van der Waals surface area contributed by atoms with Gasteiger partial charge in [-0.05, 0) is 26.8 Å². The van der Waals surface area contributed by atoms with Crippen LogP contribution in [0.2, 0.25) is 0 Å². The van der Waals surface area contributed by atoms with Crippen molar-refractivity contribution < 1.29 is 0 Å². The minimum Gasteiger partial charge on any atom is -0.310 e. The second-order valence-corrected chi connectivity index (χ2v) is 5.57. The minimum absolute atomic E-state index is 0.488. The van der Waals surface area contributed by atoms with Crippen molar-refractivity contribution in [3.8, 4) is 0 Å². The topological polar surface area (TPSA) is 47.7 Å². The lowest BCUT2D eigenvalue weighted by molar-refractivity contribution is 0.572. The molecule has 0 saturated carbocycles. The number of hydrogen-bond acceptors (Lipinski definition) is 3. The van der Waals surface area contributed by atoms with Crippen LogP contribution in [0.25, 0.3) is 0 Å². The zero-order chi connectivity index (χ0) is 14.7. The molecule has 0 atom stereocenters. The highest BCUT2D eigenvalue weighted by Gasteiger charge is 2.09. The Labute approximate surface area is 121 Å². The summed E-state index contributed by atoms with van der Waals surface area (Å²) in [5, 5.41) is 12.5. The van der Waals surface area contributed by atoms with E-state index < -0.39 is 0 Å². The van der Waals surface area contributed by atoms with Gasteiger partial charge in [0.15, 0.2) is 0 Å². The Bertz CT molecular complexity index is 565. The molecule has 1 N–H and O–H groups in total. The van der Waals surface area contributed by atoms with Crippen molar-refractivity contribution in [1.82, 2.24) is 24.9 Å². The molecule has 2 aromatic rings. The molecule has 0 amide bonds. The third-order valence-electron chi connectivity index (χ3n) is 3.36. The third-order valence-corrected chi connectivity index (χ3v) is 3.36. The predicted molar refractivity (Wildman–Crippen MR) is 80.7 cm³/mol. The van der Waals surface area contributed by atoms with E-state index in [1.807, 2.05) is 16.3 Å². The molecule has 0 saturated heterocycles. The Kier molecular flexibility index (Phi) is 4.60. The van der Waals surface area contributed by atoms with Gasteiger partial charge in [-0.3, -0.25) is 9.36 Å². The molecule has 2 heterocycles. The van der Waals surface area contributed by atoms with E-state index in [9.17, 15) is 0 Å². The normalized spacial score (nSPS) is 11.5. The van der Waals surface area contributed by atoms with Crippen molar-refractivity contribution in [1.29, 1.82) is 0 Å². The fourth-order valence-electron chi connectivity index (χ4n) is 2.29. The van der Waals surface area contributed by atoms with E-state index in [4.69, 9.17) is 0 Å².